The summed E-state index contributed by atoms with van der Waals surface area (Å²) in [5, 5.41) is 11.9. The number of carboxylic acids is 1. The Labute approximate surface area is 188 Å². The number of carbonyl (C=O) groups excluding carboxylic acids is 2. The van der Waals surface area contributed by atoms with Gasteiger partial charge in [-0.25, -0.2) is 9.59 Å². The number of benzene rings is 2. The smallest absolute Gasteiger partial charge is 0.407 e. The molecule has 0 aliphatic heterocycles. The summed E-state index contributed by atoms with van der Waals surface area (Å²) in [7, 11) is 0. The van der Waals surface area contributed by atoms with Gasteiger partial charge >= 0.3 is 12.1 Å². The number of carboxylic acid groups (broad SMARTS) is 1. The van der Waals surface area contributed by atoms with Crippen LogP contribution in [0.3, 0.4) is 0 Å². The van der Waals surface area contributed by atoms with Crippen molar-refractivity contribution in [1.29, 1.82) is 0 Å². The van der Waals surface area contributed by atoms with Crippen molar-refractivity contribution < 1.29 is 24.2 Å². The number of hydrogen-bond donors (Lipinski definition) is 2. The van der Waals surface area contributed by atoms with Gasteiger partial charge in [0.15, 0.2) is 0 Å². The van der Waals surface area contributed by atoms with Crippen LogP contribution in [-0.2, 0) is 14.3 Å². The van der Waals surface area contributed by atoms with E-state index >= 15 is 0 Å². The lowest BCUT2D eigenvalue weighted by molar-refractivity contribution is -0.149. The molecule has 2 aromatic carbocycles. The van der Waals surface area contributed by atoms with Gasteiger partial charge in [0.25, 0.3) is 0 Å². The zero-order valence-corrected chi connectivity index (χ0v) is 18.7. The fraction of sp³-hybridized carbons (Fsp3) is 0.400. The maximum atomic E-state index is 12.4. The third-order valence-corrected chi connectivity index (χ3v) is 5.95. The van der Waals surface area contributed by atoms with Gasteiger partial charge in [-0.2, -0.15) is 0 Å². The highest BCUT2D eigenvalue weighted by Gasteiger charge is 2.29. The first-order valence-corrected chi connectivity index (χ1v) is 10.9. The molecule has 2 unspecified atom stereocenters. The molecule has 0 heterocycles. The fourth-order valence-corrected chi connectivity index (χ4v) is 4.19. The molecule has 0 bridgehead atoms. The predicted octanol–water partition coefficient (Wildman–Crippen LogP) is 3.87. The second kappa shape index (κ2) is 10.3. The number of aliphatic carboxylic acids is 1. The van der Waals surface area contributed by atoms with Gasteiger partial charge in [-0.15, -0.1) is 0 Å². The van der Waals surface area contributed by atoms with Crippen LogP contribution in [0.5, 0.6) is 0 Å². The van der Waals surface area contributed by atoms with Crippen LogP contribution in [0.2, 0.25) is 0 Å². The minimum Gasteiger partial charge on any atom is -0.480 e. The number of nitrogens with one attached hydrogen (secondary N) is 1. The zero-order chi connectivity index (χ0) is 23.3. The maximum Gasteiger partial charge on any atom is 0.407 e. The molecule has 7 nitrogen and oxygen atoms in total. The molecular formula is C25H30N2O5. The average Bonchev–Trinajstić information content (AvgIpc) is 3.10. The van der Waals surface area contributed by atoms with Crippen LogP contribution < -0.4 is 5.32 Å². The number of ether oxygens (including phenoxy) is 1. The molecule has 7 heteroatoms. The van der Waals surface area contributed by atoms with Crippen LogP contribution in [0.15, 0.2) is 48.5 Å². The molecule has 0 aromatic heterocycles. The van der Waals surface area contributed by atoms with Crippen LogP contribution in [-0.4, -0.2) is 53.7 Å². The first kappa shape index (κ1) is 23.3. The molecule has 0 radical (unpaired) electrons. The Morgan fingerprint density at radius 2 is 1.59 bits per heavy atom. The Balaban J connectivity index is 1.51. The molecule has 1 aliphatic rings. The lowest BCUT2D eigenvalue weighted by atomic mass is 9.98. The number of carbonyl (C=O) groups is 3. The monoisotopic (exact) mass is 438 g/mol. The quantitative estimate of drug-likeness (QED) is 0.620. The van der Waals surface area contributed by atoms with Gasteiger partial charge in [-0.05, 0) is 42.0 Å². The van der Waals surface area contributed by atoms with Crippen LogP contribution >= 0.6 is 0 Å². The van der Waals surface area contributed by atoms with Gasteiger partial charge in [-0.3, -0.25) is 4.79 Å². The Bertz CT molecular complexity index is 944. The topological polar surface area (TPSA) is 95.9 Å². The summed E-state index contributed by atoms with van der Waals surface area (Å²) in [5.41, 5.74) is 4.63. The number of rotatable bonds is 9. The van der Waals surface area contributed by atoms with E-state index in [1.807, 2.05) is 31.2 Å². The van der Waals surface area contributed by atoms with E-state index < -0.39 is 18.1 Å². The molecule has 2 atom stereocenters. The molecular weight excluding hydrogens is 408 g/mol. The van der Waals surface area contributed by atoms with Crippen LogP contribution in [0.25, 0.3) is 11.1 Å². The summed E-state index contributed by atoms with van der Waals surface area (Å²) in [6.07, 6.45) is -0.382. The molecule has 0 saturated heterocycles. The van der Waals surface area contributed by atoms with Crippen molar-refractivity contribution in [3.63, 3.8) is 0 Å². The van der Waals surface area contributed by atoms with Gasteiger partial charge in [0.1, 0.15) is 12.6 Å². The van der Waals surface area contributed by atoms with E-state index in [-0.39, 0.29) is 37.3 Å². The highest BCUT2D eigenvalue weighted by molar-refractivity contribution is 5.83. The molecule has 0 fully saturated rings. The van der Waals surface area contributed by atoms with Gasteiger partial charge < -0.3 is 20.1 Å². The summed E-state index contributed by atoms with van der Waals surface area (Å²) in [5.74, 6) is -1.45. The summed E-state index contributed by atoms with van der Waals surface area (Å²) in [6, 6.07) is 15.4. The maximum absolute atomic E-state index is 12.4. The van der Waals surface area contributed by atoms with Crippen molar-refractivity contribution in [1.82, 2.24) is 10.2 Å². The Hall–Kier alpha value is -3.35. The van der Waals surface area contributed by atoms with E-state index in [0.29, 0.717) is 6.54 Å². The average molecular weight is 439 g/mol. The molecule has 3 rings (SSSR count). The van der Waals surface area contributed by atoms with Crippen molar-refractivity contribution in [3.05, 3.63) is 59.7 Å². The fourth-order valence-electron chi connectivity index (χ4n) is 4.19. The summed E-state index contributed by atoms with van der Waals surface area (Å²) < 4.78 is 5.51. The van der Waals surface area contributed by atoms with E-state index in [2.05, 4.69) is 29.6 Å². The second-order valence-corrected chi connectivity index (χ2v) is 8.21. The van der Waals surface area contributed by atoms with Crippen molar-refractivity contribution in [2.45, 2.75) is 39.2 Å². The Morgan fingerprint density at radius 3 is 2.12 bits per heavy atom. The molecule has 170 valence electrons. The minimum absolute atomic E-state index is 0.0113. The minimum atomic E-state index is -1.04. The van der Waals surface area contributed by atoms with E-state index in [9.17, 15) is 14.4 Å². The van der Waals surface area contributed by atoms with Crippen molar-refractivity contribution in [2.24, 2.45) is 5.92 Å². The molecule has 2 N–H and O–H groups in total. The van der Waals surface area contributed by atoms with Crippen molar-refractivity contribution in [3.8, 4) is 11.1 Å². The molecule has 0 spiro atoms. The van der Waals surface area contributed by atoms with E-state index in [0.717, 1.165) is 11.1 Å². The second-order valence-electron chi connectivity index (χ2n) is 8.21. The molecule has 32 heavy (non-hydrogen) atoms. The van der Waals surface area contributed by atoms with Crippen LogP contribution in [0.1, 0.15) is 44.2 Å². The first-order chi connectivity index (χ1) is 15.3. The molecule has 0 saturated carbocycles. The number of hydrogen-bond acceptors (Lipinski definition) is 4. The zero-order valence-electron chi connectivity index (χ0n) is 18.7. The SMILES string of the molecule is CCN(C(=O)CC(C)CNC(=O)OCC1c2ccccc2-c2ccccc21)C(C)C(=O)O. The highest BCUT2D eigenvalue weighted by atomic mass is 16.5. The molecule has 2 amide bonds. The number of nitrogens with zero attached hydrogens (tertiary/aromatic N) is 1. The summed E-state index contributed by atoms with van der Waals surface area (Å²) >= 11 is 0. The number of alkyl carbamates (subject to hydrolysis) is 1. The van der Waals surface area contributed by atoms with Gasteiger partial charge in [0.2, 0.25) is 5.91 Å². The van der Waals surface area contributed by atoms with E-state index in [1.165, 1.54) is 23.0 Å². The normalized spacial score (nSPS) is 14.1. The largest absolute Gasteiger partial charge is 0.480 e. The molecule has 1 aliphatic carbocycles. The number of amides is 2. The van der Waals surface area contributed by atoms with Gasteiger partial charge in [0.05, 0.1) is 0 Å². The Kier molecular flexibility index (Phi) is 7.51. The van der Waals surface area contributed by atoms with Crippen molar-refractivity contribution in [2.75, 3.05) is 19.7 Å². The standard InChI is InChI=1S/C25H30N2O5/c1-4-27(17(3)24(29)30)23(28)13-16(2)14-26-25(31)32-15-22-20-11-7-5-9-18(20)19-10-6-8-12-21(19)22/h5-12,16-17,22H,4,13-15H2,1-3H3,(H,26,31)(H,29,30). The van der Waals surface area contributed by atoms with Gasteiger partial charge in [-0.1, -0.05) is 55.5 Å². The third kappa shape index (κ3) is 5.10. The third-order valence-electron chi connectivity index (χ3n) is 5.95. The Morgan fingerprint density at radius 1 is 1.03 bits per heavy atom. The van der Waals surface area contributed by atoms with E-state index in [4.69, 9.17) is 9.84 Å². The highest BCUT2D eigenvalue weighted by Crippen LogP contribution is 2.44. The van der Waals surface area contributed by atoms with Crippen LogP contribution in [0, 0.1) is 5.92 Å². The van der Waals surface area contributed by atoms with E-state index in [1.54, 1.807) is 6.92 Å². The number of likely N-dealkylation sites (N-methyl/N-ethyl adjacent to an activating group) is 1. The first-order valence-electron chi connectivity index (χ1n) is 10.9. The van der Waals surface area contributed by atoms with Crippen molar-refractivity contribution >= 4 is 18.0 Å². The lowest BCUT2D eigenvalue weighted by Gasteiger charge is -2.26. The summed E-state index contributed by atoms with van der Waals surface area (Å²) in [4.78, 5) is 37.2. The summed E-state index contributed by atoms with van der Waals surface area (Å²) in [6.45, 7) is 5.88. The van der Waals surface area contributed by atoms with Crippen LogP contribution in [0.4, 0.5) is 4.79 Å². The lowest BCUT2D eigenvalue weighted by Crippen LogP contribution is -2.44. The number of fused-ring (bicyclic) bond motifs is 3. The van der Waals surface area contributed by atoms with Gasteiger partial charge in [0, 0.05) is 25.4 Å². The predicted molar refractivity (Wildman–Crippen MR) is 121 cm³/mol. The molecule has 2 aromatic rings.